The molecule has 0 aliphatic rings. The number of methoxy groups -OCH3 is 1. The zero-order valence-corrected chi connectivity index (χ0v) is 12.5. The molecular weight excluding hydrogens is 284 g/mol. The highest BCUT2D eigenvalue weighted by Gasteiger charge is 2.15. The molecule has 0 spiro atoms. The van der Waals surface area contributed by atoms with Crippen LogP contribution in [0.4, 0.5) is 22.7 Å². The van der Waals surface area contributed by atoms with E-state index in [1.165, 1.54) is 19.2 Å². The maximum Gasteiger partial charge on any atom is 0.300 e. The zero-order chi connectivity index (χ0) is 16.3. The molecule has 0 heterocycles. The topological polar surface area (TPSA) is 103 Å². The lowest BCUT2D eigenvalue weighted by Gasteiger charge is -2.05. The molecule has 0 bridgehead atoms. The van der Waals surface area contributed by atoms with Crippen molar-refractivity contribution in [3.05, 3.63) is 51.6 Å². The largest absolute Gasteiger partial charge is 0.496 e. The lowest BCUT2D eigenvalue weighted by Crippen LogP contribution is -1.92. The van der Waals surface area contributed by atoms with Crippen LogP contribution in [0.25, 0.3) is 0 Å². The van der Waals surface area contributed by atoms with Gasteiger partial charge in [-0.3, -0.25) is 10.1 Å². The Kier molecular flexibility index (Phi) is 4.36. The SMILES string of the molecule is COc1ccc(N=Nc2cc(C)c(N)c(C)c2)c([N+](=O)[O-])c1. The summed E-state index contributed by atoms with van der Waals surface area (Å²) in [7, 11) is 1.44. The number of benzene rings is 2. The molecule has 0 aromatic heterocycles. The molecule has 2 N–H and O–H groups in total. The van der Waals surface area contributed by atoms with Crippen LogP contribution >= 0.6 is 0 Å². The van der Waals surface area contributed by atoms with Crippen LogP contribution < -0.4 is 10.5 Å². The minimum atomic E-state index is -0.518. The van der Waals surface area contributed by atoms with Crippen molar-refractivity contribution in [2.24, 2.45) is 10.2 Å². The predicted octanol–water partition coefficient (Wildman–Crippen LogP) is 4.22. The first-order chi connectivity index (χ1) is 10.4. The first-order valence-electron chi connectivity index (χ1n) is 6.53. The van der Waals surface area contributed by atoms with Crippen LogP contribution in [-0.2, 0) is 0 Å². The van der Waals surface area contributed by atoms with Gasteiger partial charge in [0.1, 0.15) is 5.75 Å². The highest BCUT2D eigenvalue weighted by molar-refractivity contribution is 5.62. The van der Waals surface area contributed by atoms with Crippen LogP contribution in [0.15, 0.2) is 40.6 Å². The number of nitro groups is 1. The number of aryl methyl sites for hydroxylation is 2. The molecule has 22 heavy (non-hydrogen) atoms. The third-order valence-corrected chi connectivity index (χ3v) is 3.23. The molecule has 0 atom stereocenters. The van der Waals surface area contributed by atoms with Gasteiger partial charge in [-0.1, -0.05) is 0 Å². The fourth-order valence-electron chi connectivity index (χ4n) is 1.98. The van der Waals surface area contributed by atoms with E-state index in [2.05, 4.69) is 10.2 Å². The van der Waals surface area contributed by atoms with Crippen molar-refractivity contribution < 1.29 is 9.66 Å². The second-order valence-corrected chi connectivity index (χ2v) is 4.80. The Hall–Kier alpha value is -2.96. The second kappa shape index (κ2) is 6.21. The van der Waals surface area contributed by atoms with E-state index in [0.717, 1.165) is 11.1 Å². The molecule has 0 aliphatic heterocycles. The van der Waals surface area contributed by atoms with Crippen molar-refractivity contribution in [3.8, 4) is 5.75 Å². The predicted molar refractivity (Wildman–Crippen MR) is 84.2 cm³/mol. The van der Waals surface area contributed by atoms with E-state index in [1.54, 1.807) is 18.2 Å². The molecule has 0 saturated heterocycles. The number of anilines is 1. The van der Waals surface area contributed by atoms with Crippen molar-refractivity contribution in [3.63, 3.8) is 0 Å². The van der Waals surface area contributed by atoms with E-state index in [4.69, 9.17) is 10.5 Å². The number of rotatable bonds is 4. The average molecular weight is 300 g/mol. The van der Waals surface area contributed by atoms with Crippen molar-refractivity contribution >= 4 is 22.7 Å². The summed E-state index contributed by atoms with van der Waals surface area (Å²) in [6, 6.07) is 7.97. The van der Waals surface area contributed by atoms with Gasteiger partial charge in [0.15, 0.2) is 5.69 Å². The third kappa shape index (κ3) is 3.20. The van der Waals surface area contributed by atoms with E-state index in [0.29, 0.717) is 17.1 Å². The minimum Gasteiger partial charge on any atom is -0.496 e. The Morgan fingerprint density at radius 1 is 1.14 bits per heavy atom. The molecule has 0 fully saturated rings. The number of nitrogen functional groups attached to an aromatic ring is 1. The lowest BCUT2D eigenvalue weighted by molar-refractivity contribution is -0.384. The summed E-state index contributed by atoms with van der Waals surface area (Å²) in [4.78, 5) is 10.6. The summed E-state index contributed by atoms with van der Waals surface area (Å²) >= 11 is 0. The molecule has 0 saturated carbocycles. The van der Waals surface area contributed by atoms with Gasteiger partial charge in [0.2, 0.25) is 0 Å². The number of hydrogen-bond acceptors (Lipinski definition) is 6. The summed E-state index contributed by atoms with van der Waals surface area (Å²) in [6.45, 7) is 3.74. The number of nitrogens with two attached hydrogens (primary N) is 1. The Labute approximate surface area is 127 Å². The average Bonchev–Trinajstić information content (AvgIpc) is 2.50. The van der Waals surface area contributed by atoms with Crippen molar-refractivity contribution in [1.82, 2.24) is 0 Å². The van der Waals surface area contributed by atoms with Crippen molar-refractivity contribution in [2.75, 3.05) is 12.8 Å². The molecule has 0 unspecified atom stereocenters. The molecule has 2 rings (SSSR count). The van der Waals surface area contributed by atoms with Gasteiger partial charge in [0.05, 0.1) is 23.8 Å². The number of nitro benzene ring substituents is 1. The smallest absolute Gasteiger partial charge is 0.300 e. The maximum absolute atomic E-state index is 11.1. The Morgan fingerprint density at radius 2 is 1.77 bits per heavy atom. The Bertz CT molecular complexity index is 733. The summed E-state index contributed by atoms with van der Waals surface area (Å²) in [5.74, 6) is 0.393. The Balaban J connectivity index is 2.40. The lowest BCUT2D eigenvalue weighted by atomic mass is 10.1. The van der Waals surface area contributed by atoms with E-state index >= 15 is 0 Å². The van der Waals surface area contributed by atoms with Crippen LogP contribution in [0.5, 0.6) is 5.75 Å². The number of nitrogens with zero attached hydrogens (tertiary/aromatic N) is 3. The first-order valence-corrected chi connectivity index (χ1v) is 6.53. The zero-order valence-electron chi connectivity index (χ0n) is 12.5. The van der Waals surface area contributed by atoms with Gasteiger partial charge in [-0.15, -0.1) is 5.11 Å². The van der Waals surface area contributed by atoms with E-state index in [9.17, 15) is 10.1 Å². The van der Waals surface area contributed by atoms with Gasteiger partial charge in [-0.05, 0) is 49.2 Å². The maximum atomic E-state index is 11.1. The van der Waals surface area contributed by atoms with Gasteiger partial charge in [-0.2, -0.15) is 5.11 Å². The third-order valence-electron chi connectivity index (χ3n) is 3.23. The first kappa shape index (κ1) is 15.4. The van der Waals surface area contributed by atoms with Gasteiger partial charge in [0, 0.05) is 5.69 Å². The van der Waals surface area contributed by atoms with Crippen LogP contribution in [0.1, 0.15) is 11.1 Å². The fourth-order valence-corrected chi connectivity index (χ4v) is 1.98. The molecule has 0 aliphatic carbocycles. The Morgan fingerprint density at radius 3 is 2.32 bits per heavy atom. The fraction of sp³-hybridized carbons (Fsp3) is 0.200. The molecule has 7 nitrogen and oxygen atoms in total. The molecule has 2 aromatic rings. The van der Waals surface area contributed by atoms with Crippen molar-refractivity contribution in [2.45, 2.75) is 13.8 Å². The number of ether oxygens (including phenoxy) is 1. The molecule has 7 heteroatoms. The summed E-state index contributed by atoms with van der Waals surface area (Å²) in [5.41, 5.74) is 8.95. The molecule has 2 aromatic carbocycles. The minimum absolute atomic E-state index is 0.160. The monoisotopic (exact) mass is 300 g/mol. The van der Waals surface area contributed by atoms with Gasteiger partial charge in [0.25, 0.3) is 5.69 Å². The molecule has 114 valence electrons. The van der Waals surface area contributed by atoms with Crippen molar-refractivity contribution in [1.29, 1.82) is 0 Å². The van der Waals surface area contributed by atoms with Gasteiger partial charge >= 0.3 is 0 Å². The van der Waals surface area contributed by atoms with Crippen LogP contribution in [0.3, 0.4) is 0 Å². The van der Waals surface area contributed by atoms with Crippen LogP contribution in [-0.4, -0.2) is 12.0 Å². The summed E-state index contributed by atoms with van der Waals surface area (Å²) in [6.07, 6.45) is 0. The number of hydrogen-bond donors (Lipinski definition) is 1. The molecular formula is C15H16N4O3. The second-order valence-electron chi connectivity index (χ2n) is 4.80. The molecule has 0 radical (unpaired) electrons. The highest BCUT2D eigenvalue weighted by Crippen LogP contribution is 2.33. The van der Waals surface area contributed by atoms with E-state index in [1.807, 2.05) is 13.8 Å². The standard InChI is InChI=1S/C15H16N4O3/c1-9-6-11(7-10(2)15(9)16)17-18-13-5-4-12(22-3)8-14(13)19(20)21/h4-8H,16H2,1-3H3. The quantitative estimate of drug-likeness (QED) is 0.395. The van der Waals surface area contributed by atoms with Crippen LogP contribution in [0.2, 0.25) is 0 Å². The molecule has 0 amide bonds. The normalized spacial score (nSPS) is 10.9. The van der Waals surface area contributed by atoms with E-state index in [-0.39, 0.29) is 11.4 Å². The van der Waals surface area contributed by atoms with E-state index < -0.39 is 4.92 Å². The summed E-state index contributed by atoms with van der Waals surface area (Å²) in [5, 5.41) is 19.1. The number of azo groups is 1. The van der Waals surface area contributed by atoms with Gasteiger partial charge < -0.3 is 10.5 Å². The van der Waals surface area contributed by atoms with Gasteiger partial charge in [-0.25, -0.2) is 0 Å². The summed E-state index contributed by atoms with van der Waals surface area (Å²) < 4.78 is 4.98. The highest BCUT2D eigenvalue weighted by atomic mass is 16.6. The van der Waals surface area contributed by atoms with Crippen LogP contribution in [0, 0.1) is 24.0 Å².